The van der Waals surface area contributed by atoms with Crippen LogP contribution in [-0.2, 0) is 6.42 Å². The maximum Gasteiger partial charge on any atom is 0.0270 e. The number of hydrogen-bond donors (Lipinski definition) is 1. The third-order valence-electron chi connectivity index (χ3n) is 1.64. The van der Waals surface area contributed by atoms with E-state index in [9.17, 15) is 0 Å². The van der Waals surface area contributed by atoms with Gasteiger partial charge in [0.15, 0.2) is 0 Å². The maximum atomic E-state index is 3.99. The fourth-order valence-corrected chi connectivity index (χ4v) is 1.65. The molecule has 1 N–H and O–H groups in total. The minimum atomic E-state index is 0.290. The molecule has 1 rings (SSSR count). The number of nitrogens with zero attached hydrogens (tertiary/aromatic N) is 1. The molecule has 0 fully saturated rings. The van der Waals surface area contributed by atoms with E-state index in [2.05, 4.69) is 42.6 Å². The van der Waals surface area contributed by atoms with Gasteiger partial charge in [-0.25, -0.2) is 0 Å². The van der Waals surface area contributed by atoms with Crippen molar-refractivity contribution in [3.8, 4) is 0 Å². The molecule has 1 aromatic rings. The first-order valence-corrected chi connectivity index (χ1v) is 5.69. The van der Waals surface area contributed by atoms with Crippen molar-refractivity contribution in [2.24, 2.45) is 0 Å². The molecule has 0 spiro atoms. The van der Waals surface area contributed by atoms with Gasteiger partial charge in [0.2, 0.25) is 0 Å². The summed E-state index contributed by atoms with van der Waals surface area (Å²) in [7, 11) is 0. The molecule has 0 aliphatic carbocycles. The molecule has 0 aromatic carbocycles. The molecule has 14 heavy (non-hydrogen) atoms. The van der Waals surface area contributed by atoms with Crippen molar-refractivity contribution < 1.29 is 0 Å². The van der Waals surface area contributed by atoms with Crippen LogP contribution >= 0.6 is 11.9 Å². The number of pyridine rings is 1. The molecule has 0 aliphatic heterocycles. The normalized spacial score (nSPS) is 11.6. The zero-order valence-corrected chi connectivity index (χ0v) is 9.90. The maximum absolute atomic E-state index is 3.99. The quantitative estimate of drug-likeness (QED) is 0.611. The standard InChI is InChI=1S/C11H18N2S/c1-11(2,3)14-13-9-6-10-4-7-12-8-5-10/h4-5,7-8,13H,6,9H2,1-3H3. The number of aromatic nitrogens is 1. The second-order valence-corrected chi connectivity index (χ2v) is 5.93. The average Bonchev–Trinajstić information content (AvgIpc) is 2.13. The summed E-state index contributed by atoms with van der Waals surface area (Å²) >= 11 is 1.79. The van der Waals surface area contributed by atoms with Crippen LogP contribution < -0.4 is 4.72 Å². The third kappa shape index (κ3) is 5.25. The first-order valence-electron chi connectivity index (χ1n) is 4.88. The van der Waals surface area contributed by atoms with Crippen molar-refractivity contribution in [2.45, 2.75) is 31.9 Å². The Kier molecular flexibility index (Phi) is 4.42. The molecule has 0 saturated carbocycles. The fraction of sp³-hybridized carbons (Fsp3) is 0.545. The van der Waals surface area contributed by atoms with E-state index in [-0.39, 0.29) is 4.75 Å². The van der Waals surface area contributed by atoms with Crippen molar-refractivity contribution in [3.63, 3.8) is 0 Å². The Morgan fingerprint density at radius 3 is 2.50 bits per heavy atom. The largest absolute Gasteiger partial charge is 0.265 e. The van der Waals surface area contributed by atoms with Gasteiger partial charge in [0, 0.05) is 23.7 Å². The first-order chi connectivity index (χ1) is 6.58. The molecule has 0 atom stereocenters. The number of hydrogen-bond acceptors (Lipinski definition) is 3. The van der Waals surface area contributed by atoms with E-state index in [0.717, 1.165) is 13.0 Å². The Balaban J connectivity index is 2.17. The summed E-state index contributed by atoms with van der Waals surface area (Å²) in [5.41, 5.74) is 1.34. The van der Waals surface area contributed by atoms with Gasteiger partial charge in [-0.15, -0.1) is 0 Å². The Bertz CT molecular complexity index is 254. The molecule has 1 heterocycles. The summed E-state index contributed by atoms with van der Waals surface area (Å²) in [6.07, 6.45) is 4.74. The van der Waals surface area contributed by atoms with Gasteiger partial charge in [0.25, 0.3) is 0 Å². The molecule has 2 nitrogen and oxygen atoms in total. The molecule has 0 aliphatic rings. The van der Waals surface area contributed by atoms with E-state index in [4.69, 9.17) is 0 Å². The van der Waals surface area contributed by atoms with Crippen molar-refractivity contribution in [2.75, 3.05) is 6.54 Å². The highest BCUT2D eigenvalue weighted by Gasteiger charge is 2.09. The van der Waals surface area contributed by atoms with Gasteiger partial charge in [-0.05, 0) is 44.9 Å². The van der Waals surface area contributed by atoms with Crippen LogP contribution in [0.3, 0.4) is 0 Å². The van der Waals surface area contributed by atoms with Crippen molar-refractivity contribution in [1.82, 2.24) is 9.71 Å². The predicted molar refractivity (Wildman–Crippen MR) is 63.3 cm³/mol. The summed E-state index contributed by atoms with van der Waals surface area (Å²) in [6, 6.07) is 4.12. The number of rotatable bonds is 4. The van der Waals surface area contributed by atoms with Gasteiger partial charge in [0.1, 0.15) is 0 Å². The molecule has 1 aromatic heterocycles. The molecule has 0 bridgehead atoms. The van der Waals surface area contributed by atoms with Crippen molar-refractivity contribution in [1.29, 1.82) is 0 Å². The molecular weight excluding hydrogens is 192 g/mol. The summed E-state index contributed by atoms with van der Waals surface area (Å²) < 4.78 is 3.66. The van der Waals surface area contributed by atoms with Gasteiger partial charge in [-0.1, -0.05) is 11.9 Å². The first kappa shape index (κ1) is 11.5. The third-order valence-corrected chi connectivity index (χ3v) is 2.60. The highest BCUT2D eigenvalue weighted by Crippen LogP contribution is 2.19. The van der Waals surface area contributed by atoms with E-state index in [1.54, 1.807) is 11.9 Å². The molecule has 0 unspecified atom stereocenters. The Morgan fingerprint density at radius 2 is 1.93 bits per heavy atom. The smallest absolute Gasteiger partial charge is 0.0270 e. The molecule has 78 valence electrons. The van der Waals surface area contributed by atoms with Crippen LogP contribution in [-0.4, -0.2) is 16.3 Å². The SMILES string of the molecule is CC(C)(C)SNCCc1ccncc1. The van der Waals surface area contributed by atoms with Gasteiger partial charge >= 0.3 is 0 Å². The zero-order chi connectivity index (χ0) is 10.4. The van der Waals surface area contributed by atoms with Gasteiger partial charge in [0.05, 0.1) is 0 Å². The van der Waals surface area contributed by atoms with Crippen LogP contribution in [0.4, 0.5) is 0 Å². The fourth-order valence-electron chi connectivity index (χ4n) is 1.01. The highest BCUT2D eigenvalue weighted by molar-refractivity contribution is 7.98. The minimum Gasteiger partial charge on any atom is -0.265 e. The summed E-state index contributed by atoms with van der Waals surface area (Å²) in [4.78, 5) is 3.99. The van der Waals surface area contributed by atoms with Crippen LogP contribution in [0.1, 0.15) is 26.3 Å². The molecule has 0 amide bonds. The number of nitrogens with one attached hydrogen (secondary N) is 1. The second kappa shape index (κ2) is 5.37. The average molecular weight is 210 g/mol. The van der Waals surface area contributed by atoms with Crippen LogP contribution in [0.25, 0.3) is 0 Å². The van der Waals surface area contributed by atoms with Crippen LogP contribution in [0.2, 0.25) is 0 Å². The van der Waals surface area contributed by atoms with Crippen LogP contribution in [0, 0.1) is 0 Å². The minimum absolute atomic E-state index is 0.290. The zero-order valence-electron chi connectivity index (χ0n) is 9.08. The van der Waals surface area contributed by atoms with Crippen molar-refractivity contribution >= 4 is 11.9 Å². The predicted octanol–water partition coefficient (Wildman–Crippen LogP) is 2.66. The van der Waals surface area contributed by atoms with Crippen LogP contribution in [0.5, 0.6) is 0 Å². The lowest BCUT2D eigenvalue weighted by Gasteiger charge is -2.17. The van der Waals surface area contributed by atoms with Gasteiger partial charge in [-0.3, -0.25) is 9.71 Å². The molecule has 0 radical (unpaired) electrons. The van der Waals surface area contributed by atoms with Gasteiger partial charge < -0.3 is 0 Å². The topological polar surface area (TPSA) is 24.9 Å². The Labute approximate surface area is 90.6 Å². The molecule has 0 saturated heterocycles. The van der Waals surface area contributed by atoms with E-state index in [0.29, 0.717) is 0 Å². The highest BCUT2D eigenvalue weighted by atomic mass is 32.2. The van der Waals surface area contributed by atoms with Crippen LogP contribution in [0.15, 0.2) is 24.5 Å². The lowest BCUT2D eigenvalue weighted by atomic mass is 10.2. The molecule has 3 heteroatoms. The summed E-state index contributed by atoms with van der Waals surface area (Å²) in [5.74, 6) is 0. The van der Waals surface area contributed by atoms with E-state index in [1.165, 1.54) is 5.56 Å². The summed E-state index contributed by atoms with van der Waals surface area (Å²) in [5, 5.41) is 0. The monoisotopic (exact) mass is 210 g/mol. The van der Waals surface area contributed by atoms with E-state index < -0.39 is 0 Å². The second-order valence-electron chi connectivity index (χ2n) is 4.21. The molecular formula is C11H18N2S. The van der Waals surface area contributed by atoms with E-state index >= 15 is 0 Å². The lowest BCUT2D eigenvalue weighted by molar-refractivity contribution is 0.784. The Hall–Kier alpha value is -0.540. The summed E-state index contributed by atoms with van der Waals surface area (Å²) in [6.45, 7) is 7.62. The van der Waals surface area contributed by atoms with E-state index in [1.807, 2.05) is 12.4 Å². The van der Waals surface area contributed by atoms with Gasteiger partial charge in [-0.2, -0.15) is 0 Å². The van der Waals surface area contributed by atoms with Crippen molar-refractivity contribution in [3.05, 3.63) is 30.1 Å². The lowest BCUT2D eigenvalue weighted by Crippen LogP contribution is -2.18. The Morgan fingerprint density at radius 1 is 1.29 bits per heavy atom.